The molecule has 0 saturated heterocycles. The van der Waals surface area contributed by atoms with Crippen LogP contribution in [0.25, 0.3) is 0 Å². The second-order valence-electron chi connectivity index (χ2n) is 2.75. The third-order valence-electron chi connectivity index (χ3n) is 1.85. The number of aryl methyl sites for hydroxylation is 1. The minimum absolute atomic E-state index is 0.701. The Labute approximate surface area is 78.3 Å². The van der Waals surface area contributed by atoms with Crippen LogP contribution in [0.2, 0.25) is 0 Å². The van der Waals surface area contributed by atoms with E-state index in [-0.39, 0.29) is 0 Å². The summed E-state index contributed by atoms with van der Waals surface area (Å²) in [4.78, 5) is 10.3. The lowest BCUT2D eigenvalue weighted by Gasteiger charge is -2.05. The summed E-state index contributed by atoms with van der Waals surface area (Å²) in [5.41, 5.74) is 2.04. The second kappa shape index (κ2) is 5.14. The number of carbonyl (C=O) groups excluding carboxylic acids is 1. The number of para-hydroxylation sites is 1. The van der Waals surface area contributed by atoms with E-state index in [0.29, 0.717) is 6.41 Å². The highest BCUT2D eigenvalue weighted by Gasteiger charge is 1.98. The van der Waals surface area contributed by atoms with Gasteiger partial charge in [-0.15, -0.1) is 6.58 Å². The lowest BCUT2D eigenvalue weighted by atomic mass is 10.1. The van der Waals surface area contributed by atoms with Crippen LogP contribution in [0.3, 0.4) is 0 Å². The molecule has 0 heterocycles. The lowest BCUT2D eigenvalue weighted by molar-refractivity contribution is -0.105. The van der Waals surface area contributed by atoms with Gasteiger partial charge in [0, 0.05) is 5.69 Å². The molecule has 1 N–H and O–H groups in total. The molecule has 2 heteroatoms. The molecule has 0 aliphatic carbocycles. The third-order valence-corrected chi connectivity index (χ3v) is 1.85. The largest absolute Gasteiger partial charge is 0.328 e. The molecule has 1 aromatic carbocycles. The molecule has 0 unspecified atom stereocenters. The van der Waals surface area contributed by atoms with Crippen LogP contribution < -0.4 is 5.32 Å². The summed E-state index contributed by atoms with van der Waals surface area (Å²) in [6, 6.07) is 7.78. The van der Waals surface area contributed by atoms with Crippen LogP contribution in [0.1, 0.15) is 12.0 Å². The third kappa shape index (κ3) is 2.75. The van der Waals surface area contributed by atoms with Gasteiger partial charge in [-0.05, 0) is 24.5 Å². The number of amides is 1. The van der Waals surface area contributed by atoms with Crippen molar-refractivity contribution in [2.45, 2.75) is 12.8 Å². The molecule has 0 fully saturated rings. The van der Waals surface area contributed by atoms with Crippen molar-refractivity contribution in [1.82, 2.24) is 0 Å². The highest BCUT2D eigenvalue weighted by molar-refractivity contribution is 5.73. The molecule has 13 heavy (non-hydrogen) atoms. The van der Waals surface area contributed by atoms with E-state index in [2.05, 4.69) is 11.9 Å². The SMILES string of the molecule is C=CCCc1ccccc1NC=O. The van der Waals surface area contributed by atoms with E-state index < -0.39 is 0 Å². The van der Waals surface area contributed by atoms with Gasteiger partial charge in [-0.2, -0.15) is 0 Å². The smallest absolute Gasteiger partial charge is 0.211 e. The van der Waals surface area contributed by atoms with E-state index in [0.717, 1.165) is 24.1 Å². The number of anilines is 1. The van der Waals surface area contributed by atoms with Crippen LogP contribution >= 0.6 is 0 Å². The van der Waals surface area contributed by atoms with Gasteiger partial charge >= 0.3 is 0 Å². The van der Waals surface area contributed by atoms with E-state index >= 15 is 0 Å². The zero-order valence-corrected chi connectivity index (χ0v) is 7.49. The van der Waals surface area contributed by atoms with Gasteiger partial charge in [0.25, 0.3) is 0 Å². The molecule has 0 radical (unpaired) electrons. The van der Waals surface area contributed by atoms with Gasteiger partial charge in [-0.1, -0.05) is 24.3 Å². The predicted molar refractivity (Wildman–Crippen MR) is 54.6 cm³/mol. The van der Waals surface area contributed by atoms with Crippen LogP contribution in [0.15, 0.2) is 36.9 Å². The molecule has 1 rings (SSSR count). The average molecular weight is 175 g/mol. The summed E-state index contributed by atoms with van der Waals surface area (Å²) in [5, 5.41) is 2.67. The molecule has 1 aromatic rings. The van der Waals surface area contributed by atoms with Gasteiger partial charge in [0.1, 0.15) is 0 Å². The Balaban J connectivity index is 2.77. The first-order valence-electron chi connectivity index (χ1n) is 4.27. The fraction of sp³-hybridized carbons (Fsp3) is 0.182. The molecular formula is C11H13NO. The van der Waals surface area contributed by atoms with Crippen molar-refractivity contribution in [2.75, 3.05) is 5.32 Å². The minimum atomic E-state index is 0.701. The van der Waals surface area contributed by atoms with Crippen molar-refractivity contribution in [2.24, 2.45) is 0 Å². The standard InChI is InChI=1S/C11H13NO/c1-2-3-6-10-7-4-5-8-11(10)12-9-13/h2,4-5,7-9H,1,3,6H2,(H,12,13). The normalized spacial score (nSPS) is 9.23. The van der Waals surface area contributed by atoms with E-state index in [1.807, 2.05) is 30.3 Å². The summed E-state index contributed by atoms with van der Waals surface area (Å²) >= 11 is 0. The second-order valence-corrected chi connectivity index (χ2v) is 2.75. The summed E-state index contributed by atoms with van der Waals surface area (Å²) in [5.74, 6) is 0. The van der Waals surface area contributed by atoms with Gasteiger partial charge in [0.2, 0.25) is 6.41 Å². The van der Waals surface area contributed by atoms with Crippen LogP contribution in [0.5, 0.6) is 0 Å². The Morgan fingerprint density at radius 2 is 2.15 bits per heavy atom. The Morgan fingerprint density at radius 1 is 1.38 bits per heavy atom. The maximum absolute atomic E-state index is 10.3. The van der Waals surface area contributed by atoms with Gasteiger partial charge in [-0.3, -0.25) is 4.79 Å². The minimum Gasteiger partial charge on any atom is -0.328 e. The molecule has 0 atom stereocenters. The highest BCUT2D eigenvalue weighted by atomic mass is 16.1. The Morgan fingerprint density at radius 3 is 2.85 bits per heavy atom. The summed E-state index contributed by atoms with van der Waals surface area (Å²) in [6.45, 7) is 3.66. The molecule has 0 aromatic heterocycles. The Bertz CT molecular complexity index is 294. The molecule has 0 aliphatic rings. The Kier molecular flexibility index (Phi) is 3.76. The zero-order chi connectivity index (χ0) is 9.52. The Hall–Kier alpha value is -1.57. The van der Waals surface area contributed by atoms with Crippen molar-refractivity contribution in [3.8, 4) is 0 Å². The number of rotatable bonds is 5. The predicted octanol–water partition coefficient (Wildman–Crippen LogP) is 2.37. The first kappa shape index (κ1) is 9.52. The molecule has 0 saturated carbocycles. The number of allylic oxidation sites excluding steroid dienone is 1. The average Bonchev–Trinajstić information content (AvgIpc) is 2.17. The van der Waals surface area contributed by atoms with E-state index in [1.54, 1.807) is 0 Å². The lowest BCUT2D eigenvalue weighted by Crippen LogP contribution is -1.98. The topological polar surface area (TPSA) is 29.1 Å². The van der Waals surface area contributed by atoms with E-state index in [1.165, 1.54) is 0 Å². The zero-order valence-electron chi connectivity index (χ0n) is 7.49. The number of benzene rings is 1. The van der Waals surface area contributed by atoms with Crippen molar-refractivity contribution in [1.29, 1.82) is 0 Å². The molecule has 2 nitrogen and oxygen atoms in total. The van der Waals surface area contributed by atoms with Crippen molar-refractivity contribution >= 4 is 12.1 Å². The molecule has 68 valence electrons. The number of nitrogens with one attached hydrogen (secondary N) is 1. The quantitative estimate of drug-likeness (QED) is 0.540. The molecule has 0 aliphatic heterocycles. The van der Waals surface area contributed by atoms with Crippen LogP contribution in [0.4, 0.5) is 5.69 Å². The molecule has 0 bridgehead atoms. The summed E-state index contributed by atoms with van der Waals surface area (Å²) in [7, 11) is 0. The van der Waals surface area contributed by atoms with Crippen LogP contribution in [0, 0.1) is 0 Å². The number of hydrogen-bond acceptors (Lipinski definition) is 1. The van der Waals surface area contributed by atoms with Gasteiger partial charge in [0.15, 0.2) is 0 Å². The fourth-order valence-electron chi connectivity index (χ4n) is 1.20. The molecular weight excluding hydrogens is 162 g/mol. The van der Waals surface area contributed by atoms with Gasteiger partial charge in [0.05, 0.1) is 0 Å². The van der Waals surface area contributed by atoms with Crippen LogP contribution in [-0.4, -0.2) is 6.41 Å². The maximum atomic E-state index is 10.3. The van der Waals surface area contributed by atoms with E-state index in [9.17, 15) is 4.79 Å². The van der Waals surface area contributed by atoms with Crippen molar-refractivity contribution < 1.29 is 4.79 Å². The number of carbonyl (C=O) groups is 1. The fourth-order valence-corrected chi connectivity index (χ4v) is 1.20. The highest BCUT2D eigenvalue weighted by Crippen LogP contribution is 2.15. The number of hydrogen-bond donors (Lipinski definition) is 1. The van der Waals surface area contributed by atoms with Crippen molar-refractivity contribution in [3.05, 3.63) is 42.5 Å². The van der Waals surface area contributed by atoms with E-state index in [4.69, 9.17) is 0 Å². The summed E-state index contributed by atoms with van der Waals surface area (Å²) < 4.78 is 0. The maximum Gasteiger partial charge on any atom is 0.211 e. The molecule has 0 spiro atoms. The van der Waals surface area contributed by atoms with Crippen LogP contribution in [-0.2, 0) is 11.2 Å². The monoisotopic (exact) mass is 175 g/mol. The molecule has 1 amide bonds. The van der Waals surface area contributed by atoms with Gasteiger partial charge in [-0.25, -0.2) is 0 Å². The first-order valence-corrected chi connectivity index (χ1v) is 4.27. The van der Waals surface area contributed by atoms with Gasteiger partial charge < -0.3 is 5.32 Å². The first-order chi connectivity index (χ1) is 6.38. The van der Waals surface area contributed by atoms with Crippen molar-refractivity contribution in [3.63, 3.8) is 0 Å². The summed E-state index contributed by atoms with van der Waals surface area (Å²) in [6.07, 6.45) is 4.42.